The Hall–Kier alpha value is -3.62. The summed E-state index contributed by atoms with van der Waals surface area (Å²) in [6.45, 7) is 2.44. The Morgan fingerprint density at radius 2 is 2.03 bits per heavy atom. The summed E-state index contributed by atoms with van der Waals surface area (Å²) in [5.74, 6) is 2.37. The molecule has 0 unspecified atom stereocenters. The SMILES string of the molecule is Cc1ccn(Cc2ccc3c(c2)OCO3)c(=O)c1C(=O)N(C)Cc1noc(C2CCC2)n1. The van der Waals surface area contributed by atoms with E-state index < -0.39 is 0 Å². The number of rotatable bonds is 6. The summed E-state index contributed by atoms with van der Waals surface area (Å²) in [6.07, 6.45) is 4.99. The minimum absolute atomic E-state index is 0.137. The first-order valence-corrected chi connectivity index (χ1v) is 10.7. The Bertz CT molecular complexity index is 1230. The normalized spacial score (nSPS) is 14.9. The molecule has 1 aromatic carbocycles. The monoisotopic (exact) mass is 436 g/mol. The highest BCUT2D eigenvalue weighted by atomic mass is 16.7. The van der Waals surface area contributed by atoms with Gasteiger partial charge in [0.25, 0.3) is 11.5 Å². The number of benzene rings is 1. The van der Waals surface area contributed by atoms with E-state index in [2.05, 4.69) is 10.1 Å². The Morgan fingerprint density at radius 1 is 1.22 bits per heavy atom. The molecule has 32 heavy (non-hydrogen) atoms. The molecule has 0 atom stereocenters. The molecule has 0 radical (unpaired) electrons. The molecule has 1 aliphatic heterocycles. The topological polar surface area (TPSA) is 99.7 Å². The van der Waals surface area contributed by atoms with Crippen molar-refractivity contribution in [1.82, 2.24) is 19.6 Å². The van der Waals surface area contributed by atoms with E-state index in [0.29, 0.717) is 41.2 Å². The van der Waals surface area contributed by atoms with E-state index in [1.807, 2.05) is 18.2 Å². The molecule has 3 heterocycles. The molecule has 1 aliphatic carbocycles. The van der Waals surface area contributed by atoms with Crippen LogP contribution in [0.3, 0.4) is 0 Å². The fraction of sp³-hybridized carbons (Fsp3) is 0.391. The lowest BCUT2D eigenvalue weighted by Crippen LogP contribution is -2.35. The third-order valence-electron chi connectivity index (χ3n) is 6.04. The lowest BCUT2D eigenvalue weighted by molar-refractivity contribution is 0.0777. The van der Waals surface area contributed by atoms with Crippen LogP contribution in [-0.4, -0.2) is 39.4 Å². The second-order valence-electron chi connectivity index (χ2n) is 8.33. The highest BCUT2D eigenvalue weighted by Gasteiger charge is 2.26. The number of fused-ring (bicyclic) bond motifs is 1. The van der Waals surface area contributed by atoms with Crippen LogP contribution in [0.4, 0.5) is 0 Å². The molecule has 0 bridgehead atoms. The maximum atomic E-state index is 13.2. The Morgan fingerprint density at radius 3 is 2.81 bits per heavy atom. The first-order chi connectivity index (χ1) is 15.5. The molecule has 5 rings (SSSR count). The molecule has 0 spiro atoms. The smallest absolute Gasteiger partial charge is 0.263 e. The van der Waals surface area contributed by atoms with E-state index in [0.717, 1.165) is 18.4 Å². The number of aryl methyl sites for hydroxylation is 1. The molecule has 1 fully saturated rings. The predicted molar refractivity (Wildman–Crippen MR) is 114 cm³/mol. The van der Waals surface area contributed by atoms with Gasteiger partial charge in [0.15, 0.2) is 17.3 Å². The second-order valence-corrected chi connectivity index (χ2v) is 8.33. The Balaban J connectivity index is 1.34. The van der Waals surface area contributed by atoms with Gasteiger partial charge in [-0.1, -0.05) is 17.6 Å². The van der Waals surface area contributed by atoms with Crippen molar-refractivity contribution in [2.45, 2.75) is 45.2 Å². The van der Waals surface area contributed by atoms with E-state index in [1.54, 1.807) is 26.2 Å². The quantitative estimate of drug-likeness (QED) is 0.586. The highest BCUT2D eigenvalue weighted by molar-refractivity contribution is 5.95. The van der Waals surface area contributed by atoms with Gasteiger partial charge < -0.3 is 23.5 Å². The van der Waals surface area contributed by atoms with Crippen LogP contribution in [0.25, 0.3) is 0 Å². The van der Waals surface area contributed by atoms with E-state index in [9.17, 15) is 9.59 Å². The molecule has 1 amide bonds. The van der Waals surface area contributed by atoms with Crippen molar-refractivity contribution in [3.8, 4) is 11.5 Å². The van der Waals surface area contributed by atoms with Gasteiger partial charge in [0, 0.05) is 19.2 Å². The molecular formula is C23H24N4O5. The molecule has 0 N–H and O–H groups in total. The number of amides is 1. The van der Waals surface area contributed by atoms with Crippen molar-refractivity contribution >= 4 is 5.91 Å². The van der Waals surface area contributed by atoms with Crippen LogP contribution in [0.15, 0.2) is 39.8 Å². The summed E-state index contributed by atoms with van der Waals surface area (Å²) in [5.41, 5.74) is 1.29. The molecule has 9 heteroatoms. The standard InChI is InChI=1S/C23H24N4O5/c1-14-8-9-27(11-15-6-7-17-18(10-15)31-13-30-17)23(29)20(14)22(28)26(2)12-19-24-21(32-25-19)16-4-3-5-16/h6-10,16H,3-5,11-13H2,1-2H3. The zero-order valence-electron chi connectivity index (χ0n) is 18.0. The molecule has 9 nitrogen and oxygen atoms in total. The number of carbonyl (C=O) groups is 1. The summed E-state index contributed by atoms with van der Waals surface area (Å²) in [5, 5.41) is 4.00. The predicted octanol–water partition coefficient (Wildman–Crippen LogP) is 2.86. The van der Waals surface area contributed by atoms with Crippen LogP contribution in [0.2, 0.25) is 0 Å². The van der Waals surface area contributed by atoms with Gasteiger partial charge >= 0.3 is 0 Å². The Labute approximate surface area is 184 Å². The van der Waals surface area contributed by atoms with E-state index in [1.165, 1.54) is 15.9 Å². The fourth-order valence-corrected chi connectivity index (χ4v) is 3.91. The molecule has 2 aromatic heterocycles. The van der Waals surface area contributed by atoms with Crippen molar-refractivity contribution < 1.29 is 18.8 Å². The van der Waals surface area contributed by atoms with Crippen LogP contribution in [0, 0.1) is 6.92 Å². The number of nitrogens with zero attached hydrogens (tertiary/aromatic N) is 4. The number of pyridine rings is 1. The van der Waals surface area contributed by atoms with Gasteiger partial charge in [-0.3, -0.25) is 9.59 Å². The van der Waals surface area contributed by atoms with Gasteiger partial charge in [0.05, 0.1) is 13.1 Å². The zero-order valence-corrected chi connectivity index (χ0v) is 18.0. The van der Waals surface area contributed by atoms with Crippen molar-refractivity contribution in [3.05, 3.63) is 69.2 Å². The third kappa shape index (κ3) is 3.74. The van der Waals surface area contributed by atoms with Crippen molar-refractivity contribution in [1.29, 1.82) is 0 Å². The fourth-order valence-electron chi connectivity index (χ4n) is 3.91. The summed E-state index contributed by atoms with van der Waals surface area (Å²) in [6, 6.07) is 7.32. The van der Waals surface area contributed by atoms with Crippen LogP contribution in [-0.2, 0) is 13.1 Å². The van der Waals surface area contributed by atoms with Crippen LogP contribution in [0.5, 0.6) is 11.5 Å². The van der Waals surface area contributed by atoms with Crippen molar-refractivity contribution in [3.63, 3.8) is 0 Å². The lowest BCUT2D eigenvalue weighted by atomic mass is 9.85. The number of hydrogen-bond donors (Lipinski definition) is 0. The van der Waals surface area contributed by atoms with Crippen LogP contribution in [0.1, 0.15) is 58.4 Å². The van der Waals surface area contributed by atoms with Crippen molar-refractivity contribution in [2.24, 2.45) is 0 Å². The van der Waals surface area contributed by atoms with Gasteiger partial charge in [0.2, 0.25) is 12.7 Å². The van der Waals surface area contributed by atoms with Gasteiger partial charge in [-0.05, 0) is 49.1 Å². The number of carbonyl (C=O) groups excluding carboxylic acids is 1. The number of aromatic nitrogens is 3. The third-order valence-corrected chi connectivity index (χ3v) is 6.04. The zero-order chi connectivity index (χ0) is 22.2. The second kappa shape index (κ2) is 8.14. The summed E-state index contributed by atoms with van der Waals surface area (Å²) >= 11 is 0. The summed E-state index contributed by atoms with van der Waals surface area (Å²) in [7, 11) is 1.63. The average molecular weight is 436 g/mol. The van der Waals surface area contributed by atoms with Crippen molar-refractivity contribution in [2.75, 3.05) is 13.8 Å². The molecule has 0 saturated heterocycles. The highest BCUT2D eigenvalue weighted by Crippen LogP contribution is 2.35. The largest absolute Gasteiger partial charge is 0.454 e. The Kier molecular flexibility index (Phi) is 5.16. The number of hydrogen-bond acceptors (Lipinski definition) is 7. The van der Waals surface area contributed by atoms with Gasteiger partial charge in [-0.2, -0.15) is 4.98 Å². The first-order valence-electron chi connectivity index (χ1n) is 10.7. The summed E-state index contributed by atoms with van der Waals surface area (Å²) < 4.78 is 17.6. The average Bonchev–Trinajstić information content (AvgIpc) is 3.38. The van der Waals surface area contributed by atoms with Gasteiger partial charge in [0.1, 0.15) is 5.56 Å². The molecule has 166 valence electrons. The molecular weight excluding hydrogens is 412 g/mol. The molecule has 2 aliphatic rings. The molecule has 1 saturated carbocycles. The maximum absolute atomic E-state index is 13.2. The van der Waals surface area contributed by atoms with Gasteiger partial charge in [-0.15, -0.1) is 0 Å². The van der Waals surface area contributed by atoms with E-state index >= 15 is 0 Å². The lowest BCUT2D eigenvalue weighted by Gasteiger charge is -2.20. The number of ether oxygens (including phenoxy) is 2. The summed E-state index contributed by atoms with van der Waals surface area (Å²) in [4.78, 5) is 32.2. The van der Waals surface area contributed by atoms with Crippen LogP contribution < -0.4 is 15.0 Å². The minimum Gasteiger partial charge on any atom is -0.454 e. The van der Waals surface area contributed by atoms with E-state index in [-0.39, 0.29) is 30.4 Å². The first kappa shape index (κ1) is 20.3. The van der Waals surface area contributed by atoms with Gasteiger partial charge in [-0.25, -0.2) is 0 Å². The minimum atomic E-state index is -0.373. The van der Waals surface area contributed by atoms with Crippen LogP contribution >= 0.6 is 0 Å². The van der Waals surface area contributed by atoms with E-state index in [4.69, 9.17) is 14.0 Å². The maximum Gasteiger partial charge on any atom is 0.263 e. The molecule has 3 aromatic rings.